The van der Waals surface area contributed by atoms with Crippen LogP contribution in [-0.2, 0) is 15.4 Å². The Kier molecular flexibility index (Phi) is 11.4. The summed E-state index contributed by atoms with van der Waals surface area (Å²) >= 11 is 0. The molecule has 3 radical (unpaired) electrons. The molecular weight excluding hydrogens is 741 g/mol. The first kappa shape index (κ1) is 41.6. The van der Waals surface area contributed by atoms with Crippen molar-refractivity contribution >= 4 is 28.0 Å². The van der Waals surface area contributed by atoms with E-state index in [1.54, 1.807) is 0 Å². The average Bonchev–Trinajstić information content (AvgIpc) is 3.86. The van der Waals surface area contributed by atoms with Crippen molar-refractivity contribution in [1.82, 2.24) is 34.6 Å². The molecule has 5 aromatic rings. The number of fused-ring (bicyclic) bond motifs is 2. The van der Waals surface area contributed by atoms with E-state index in [0.717, 1.165) is 51.8 Å². The normalized spacial score (nSPS) is 22.2. The number of amides is 2. The van der Waals surface area contributed by atoms with Gasteiger partial charge in [0, 0.05) is 23.4 Å². The van der Waals surface area contributed by atoms with Gasteiger partial charge in [0.2, 0.25) is 10.5 Å². The Morgan fingerprint density at radius 1 is 0.948 bits per heavy atom. The summed E-state index contributed by atoms with van der Waals surface area (Å²) in [5, 5.41) is 21.0. The molecule has 0 bridgehead atoms. The number of likely N-dealkylation sites (tertiary alicyclic amines) is 1. The van der Waals surface area contributed by atoms with Crippen molar-refractivity contribution in [3.8, 4) is 11.4 Å². The summed E-state index contributed by atoms with van der Waals surface area (Å²) in [6, 6.07) is 21.9. The fourth-order valence-electron chi connectivity index (χ4n) is 10.7. The van der Waals surface area contributed by atoms with Gasteiger partial charge in [-0.3, -0.25) is 14.6 Å². The third kappa shape index (κ3) is 7.04. The average molecular weight is 802 g/mol. The number of nitrogens with one attached hydrogen (secondary N) is 2. The number of ether oxygens (including phenoxy) is 1. The lowest BCUT2D eigenvalue weighted by atomic mass is 9.51. The highest BCUT2D eigenvalue weighted by Gasteiger charge is 2.68. The predicted octanol–water partition coefficient (Wildman–Crippen LogP) is 9.11. The first-order valence-corrected chi connectivity index (χ1v) is 21.3. The number of carbonyl (C=O) groups excluding carboxylic acids is 1. The van der Waals surface area contributed by atoms with Gasteiger partial charge >= 0.3 is 6.03 Å². The standard InChI is InChI=1S/C46H61N8O3Si/c1-28(2)36-26-52(11)45(27-56-58,46(36,29(3)4)30(5)6)42-50-49-40-23-20-33(25-53(40)42)57-38-22-21-37(34-14-12-13-15-35(34)38)47-43(55)48-41-24-39(44(8,9)10)51-54(41)32-18-16-31(7)17-19-32/h12-20,23-25,28-30,36-38H,21-22,26-27H2,1-11H3,(H2,47,48,55)/t36?,37-,38+,45?/m0/s1. The number of likely N-dealkylation sites (N-methyl/N-ethyl adjacent to an activating group) is 1. The Morgan fingerprint density at radius 2 is 1.64 bits per heavy atom. The van der Waals surface area contributed by atoms with E-state index >= 15 is 0 Å². The van der Waals surface area contributed by atoms with Crippen molar-refractivity contribution < 1.29 is 14.0 Å². The molecule has 2 N–H and O–H groups in total. The summed E-state index contributed by atoms with van der Waals surface area (Å²) in [5.74, 6) is 3.73. The van der Waals surface area contributed by atoms with Gasteiger partial charge in [0.1, 0.15) is 23.2 Å². The largest absolute Gasteiger partial charge is 0.484 e. The number of anilines is 1. The Bertz CT molecular complexity index is 2230. The fourth-order valence-corrected chi connectivity index (χ4v) is 10.9. The summed E-state index contributed by atoms with van der Waals surface area (Å²) in [5.41, 5.74) is 4.85. The van der Waals surface area contributed by atoms with Crippen LogP contribution in [0.25, 0.3) is 11.3 Å². The molecule has 2 aromatic carbocycles. The number of hydrogen-bond donors (Lipinski definition) is 2. The number of aryl methyl sites for hydroxylation is 1. The van der Waals surface area contributed by atoms with E-state index in [9.17, 15) is 4.79 Å². The maximum Gasteiger partial charge on any atom is 0.320 e. The van der Waals surface area contributed by atoms with Crippen molar-refractivity contribution in [1.29, 1.82) is 0 Å². The molecule has 3 aromatic heterocycles. The maximum atomic E-state index is 13.8. The molecule has 1 aliphatic carbocycles. The molecule has 0 spiro atoms. The van der Waals surface area contributed by atoms with Crippen LogP contribution in [0.3, 0.4) is 0 Å². The molecular formula is C46H61N8O3Si. The van der Waals surface area contributed by atoms with Crippen LogP contribution in [0.15, 0.2) is 72.9 Å². The van der Waals surface area contributed by atoms with Crippen molar-refractivity contribution in [3.63, 3.8) is 0 Å². The molecule has 1 saturated heterocycles. The summed E-state index contributed by atoms with van der Waals surface area (Å²) in [4.78, 5) is 16.2. The minimum absolute atomic E-state index is 0.172. The monoisotopic (exact) mass is 801 g/mol. The van der Waals surface area contributed by atoms with Gasteiger partial charge in [0.15, 0.2) is 11.5 Å². The van der Waals surface area contributed by atoms with E-state index in [4.69, 9.17) is 24.5 Å². The van der Waals surface area contributed by atoms with Gasteiger partial charge in [-0.05, 0) is 85.9 Å². The fraction of sp³-hybridized carbons (Fsp3) is 0.522. The molecule has 0 saturated carbocycles. The van der Waals surface area contributed by atoms with Crippen molar-refractivity contribution in [2.24, 2.45) is 29.1 Å². The van der Waals surface area contributed by atoms with E-state index in [0.29, 0.717) is 48.9 Å². The third-order valence-electron chi connectivity index (χ3n) is 13.2. The van der Waals surface area contributed by atoms with Gasteiger partial charge in [0.05, 0.1) is 30.2 Å². The number of rotatable bonds is 11. The zero-order chi connectivity index (χ0) is 41.7. The van der Waals surface area contributed by atoms with E-state index in [1.165, 1.54) is 0 Å². The molecule has 2 amide bonds. The number of benzene rings is 2. The van der Waals surface area contributed by atoms with Gasteiger partial charge in [-0.25, -0.2) is 9.48 Å². The van der Waals surface area contributed by atoms with Gasteiger partial charge in [0.25, 0.3) is 0 Å². The van der Waals surface area contributed by atoms with Gasteiger partial charge in [-0.2, -0.15) is 5.10 Å². The Balaban J connectivity index is 1.16. The molecule has 7 rings (SSSR count). The molecule has 1 aliphatic heterocycles. The van der Waals surface area contributed by atoms with Gasteiger partial charge in [-0.15, -0.1) is 10.2 Å². The van der Waals surface area contributed by atoms with Gasteiger partial charge < -0.3 is 14.5 Å². The molecule has 2 aliphatic rings. The summed E-state index contributed by atoms with van der Waals surface area (Å²) in [7, 11) is 5.66. The molecule has 1 fully saturated rings. The third-order valence-corrected chi connectivity index (χ3v) is 13.4. The number of pyridine rings is 1. The second kappa shape index (κ2) is 15.9. The van der Waals surface area contributed by atoms with E-state index < -0.39 is 5.54 Å². The van der Waals surface area contributed by atoms with Crippen LogP contribution in [0.5, 0.6) is 5.75 Å². The Morgan fingerprint density at radius 3 is 2.28 bits per heavy atom. The Labute approximate surface area is 347 Å². The molecule has 11 nitrogen and oxygen atoms in total. The van der Waals surface area contributed by atoms with E-state index in [2.05, 4.69) is 131 Å². The number of carbonyl (C=O) groups is 1. The number of nitrogens with zero attached hydrogens (tertiary/aromatic N) is 6. The molecule has 307 valence electrons. The second-order valence-corrected chi connectivity index (χ2v) is 18.9. The highest BCUT2D eigenvalue weighted by atomic mass is 28.2. The molecule has 2 unspecified atom stereocenters. The topological polar surface area (TPSA) is 111 Å². The quantitative estimate of drug-likeness (QED) is 0.128. The SMILES string of the molecule is Cc1ccc(-n2nc(C(C)(C)C)cc2NC(=O)N[C@H]2CC[C@@H](Oc3ccc4nnc(C5(CO[Si])N(C)CC(C(C)C)C5(C(C)C)C(C)C)n4c3)c3ccccc32)cc1. The minimum Gasteiger partial charge on any atom is -0.484 e. The highest BCUT2D eigenvalue weighted by Crippen LogP contribution is 2.63. The lowest BCUT2D eigenvalue weighted by Crippen LogP contribution is -2.60. The van der Waals surface area contributed by atoms with Crippen LogP contribution >= 0.6 is 0 Å². The van der Waals surface area contributed by atoms with E-state index in [-0.39, 0.29) is 29.0 Å². The molecule has 4 heterocycles. The zero-order valence-electron chi connectivity index (χ0n) is 36.1. The van der Waals surface area contributed by atoms with Crippen LogP contribution in [-0.4, -0.2) is 66.0 Å². The lowest BCUT2D eigenvalue weighted by molar-refractivity contribution is -0.0890. The number of hydrogen-bond acceptors (Lipinski definition) is 7. The predicted molar refractivity (Wildman–Crippen MR) is 230 cm³/mol. The highest BCUT2D eigenvalue weighted by molar-refractivity contribution is 5.98. The van der Waals surface area contributed by atoms with Crippen molar-refractivity contribution in [3.05, 3.63) is 101 Å². The van der Waals surface area contributed by atoms with Gasteiger partial charge in [-0.1, -0.05) is 104 Å². The van der Waals surface area contributed by atoms with E-state index in [1.807, 2.05) is 53.3 Å². The summed E-state index contributed by atoms with van der Waals surface area (Å²) < 4.78 is 16.8. The van der Waals surface area contributed by atoms with Crippen LogP contribution in [0, 0.1) is 36.0 Å². The van der Waals surface area contributed by atoms with Crippen LogP contribution < -0.4 is 15.4 Å². The number of urea groups is 1. The summed E-state index contributed by atoms with van der Waals surface area (Å²) in [6.45, 7) is 23.8. The Hall–Kier alpha value is -4.52. The molecule has 58 heavy (non-hydrogen) atoms. The van der Waals surface area contributed by atoms with Crippen molar-refractivity contribution in [2.75, 3.05) is 25.5 Å². The summed E-state index contributed by atoms with van der Waals surface area (Å²) in [6.07, 6.45) is 3.26. The molecule has 4 atom stereocenters. The first-order valence-electron chi connectivity index (χ1n) is 20.9. The second-order valence-electron chi connectivity index (χ2n) is 18.6. The zero-order valence-corrected chi connectivity index (χ0v) is 37.1. The van der Waals surface area contributed by atoms with Crippen LogP contribution in [0.2, 0.25) is 0 Å². The maximum absolute atomic E-state index is 13.8. The number of aromatic nitrogens is 5. The molecule has 12 heteroatoms. The first-order chi connectivity index (χ1) is 27.5. The smallest absolute Gasteiger partial charge is 0.320 e. The van der Waals surface area contributed by atoms with Crippen LogP contribution in [0.1, 0.15) is 116 Å². The minimum atomic E-state index is -0.576. The lowest BCUT2D eigenvalue weighted by Gasteiger charge is -2.55. The van der Waals surface area contributed by atoms with Crippen molar-refractivity contribution in [2.45, 2.75) is 105 Å². The van der Waals surface area contributed by atoms with Crippen LogP contribution in [0.4, 0.5) is 10.6 Å².